The maximum absolute atomic E-state index is 21.5. The van der Waals surface area contributed by atoms with Crippen molar-refractivity contribution < 1.29 is 4.39 Å². The number of aromatic nitrogens is 12. The molecular formula is C76H45FN12. The fraction of sp³-hybridized carbons (Fsp3) is 0. The zero-order valence-electron chi connectivity index (χ0n) is 47.2. The van der Waals surface area contributed by atoms with E-state index in [0.29, 0.717) is 22.7 Å². The molecule has 0 fully saturated rings. The second-order valence-corrected chi connectivity index (χ2v) is 22.3. The monoisotopic (exact) mass is 1140 g/mol. The van der Waals surface area contributed by atoms with Crippen LogP contribution in [0.25, 0.3) is 166 Å². The van der Waals surface area contributed by atoms with Crippen molar-refractivity contribution in [2.75, 3.05) is 0 Å². The van der Waals surface area contributed by atoms with Gasteiger partial charge < -0.3 is 18.3 Å². The molecule has 0 bridgehead atoms. The van der Waals surface area contributed by atoms with Crippen molar-refractivity contribution in [1.82, 2.24) is 58.1 Å². The molecule has 8 aromatic heterocycles. The molecule has 0 saturated heterocycles. The predicted octanol–water partition coefficient (Wildman–Crippen LogP) is 17.7. The largest absolute Gasteiger partial charge is 0.306 e. The summed E-state index contributed by atoms with van der Waals surface area (Å²) < 4.78 is 30.5. The molecule has 0 aliphatic heterocycles. The van der Waals surface area contributed by atoms with Gasteiger partial charge in [0.2, 0.25) is 0 Å². The Labute approximate surface area is 506 Å². The van der Waals surface area contributed by atoms with Crippen LogP contribution in [-0.4, -0.2) is 58.1 Å². The molecule has 10 aromatic carbocycles. The molecule has 0 saturated carbocycles. The third kappa shape index (κ3) is 7.65. The summed E-state index contributed by atoms with van der Waals surface area (Å²) in [6.07, 6.45) is 20.9. The summed E-state index contributed by atoms with van der Waals surface area (Å²) in [5.74, 6) is -0.440. The number of para-hydroxylation sites is 4. The van der Waals surface area contributed by atoms with E-state index in [1.165, 1.54) is 0 Å². The van der Waals surface area contributed by atoms with Gasteiger partial charge in [0.25, 0.3) is 0 Å². The van der Waals surface area contributed by atoms with Crippen LogP contribution in [0.2, 0.25) is 0 Å². The van der Waals surface area contributed by atoms with Crippen molar-refractivity contribution in [3.05, 3.63) is 281 Å². The minimum absolute atomic E-state index is 0.361. The third-order valence-electron chi connectivity index (χ3n) is 17.6. The maximum atomic E-state index is 21.5. The SMILES string of the molecule is Fc1c(-n2c3ccccc3c3ccccc32)c(-n2c3ccc(-c4cncnc4)cc3c3cc(-c4cncnc4)ccc32)c(-c2ccccc2)c(-n2c3ccc(-c4cncnc4)cc3c3cc(-c4cncnc4)ccc32)c1-n1c2ccccc2c2ccccc21. The van der Waals surface area contributed by atoms with Gasteiger partial charge in [-0.2, -0.15) is 0 Å². The predicted molar refractivity (Wildman–Crippen MR) is 353 cm³/mol. The molecule has 0 aliphatic rings. The van der Waals surface area contributed by atoms with Gasteiger partial charge in [-0.3, -0.25) is 0 Å². The molecule has 0 amide bonds. The molecule has 0 spiro atoms. The molecule has 0 aliphatic carbocycles. The molecular weight excluding hydrogens is 1100 g/mol. The zero-order chi connectivity index (χ0) is 58.7. The number of fused-ring (bicyclic) bond motifs is 12. The Hall–Kier alpha value is -12.4. The molecule has 416 valence electrons. The number of hydrogen-bond acceptors (Lipinski definition) is 8. The van der Waals surface area contributed by atoms with Crippen LogP contribution in [0.5, 0.6) is 0 Å². The lowest BCUT2D eigenvalue weighted by Crippen LogP contribution is -2.16. The second kappa shape index (κ2) is 19.9. The normalized spacial score (nSPS) is 11.9. The molecule has 0 N–H and O–H groups in total. The van der Waals surface area contributed by atoms with Crippen LogP contribution in [0.1, 0.15) is 0 Å². The van der Waals surface area contributed by atoms with E-state index in [0.717, 1.165) is 143 Å². The molecule has 0 unspecified atom stereocenters. The van der Waals surface area contributed by atoms with Crippen LogP contribution in [0, 0.1) is 5.82 Å². The van der Waals surface area contributed by atoms with Crippen molar-refractivity contribution >= 4 is 87.2 Å². The molecule has 18 rings (SSSR count). The number of rotatable bonds is 9. The molecule has 12 nitrogen and oxygen atoms in total. The lowest BCUT2D eigenvalue weighted by Gasteiger charge is -2.29. The molecule has 13 heteroatoms. The highest BCUT2D eigenvalue weighted by molar-refractivity contribution is 6.18. The summed E-state index contributed by atoms with van der Waals surface area (Å²) in [7, 11) is 0. The lowest BCUT2D eigenvalue weighted by atomic mass is 9.96. The summed E-state index contributed by atoms with van der Waals surface area (Å²) >= 11 is 0. The van der Waals surface area contributed by atoms with Crippen LogP contribution >= 0.6 is 0 Å². The van der Waals surface area contributed by atoms with Crippen molar-refractivity contribution in [2.24, 2.45) is 0 Å². The lowest BCUT2D eigenvalue weighted by molar-refractivity contribution is 0.612. The highest BCUT2D eigenvalue weighted by atomic mass is 19.1. The standard InChI is InChI=1S/C76H45FN12/c77-72-75(88-63-18-8-4-14-55(63)56-15-5-9-19-64(56)88)73(86-67-26-22-47(51-34-78-42-79-35-51)30-59(67)60-31-48(23-27-68(60)86)52-36-80-43-81-37-52)71(46-12-2-1-3-13-46)74(76(72)89-65-20-10-6-16-57(65)58-17-7-11-21-66(58)89)87-69-28-24-49(53-38-82-44-83-39-53)32-61(69)62-33-50(25-29-70(62)87)54-40-84-45-85-41-54/h1-45H. The second-order valence-electron chi connectivity index (χ2n) is 22.3. The van der Waals surface area contributed by atoms with Gasteiger partial charge in [-0.15, -0.1) is 0 Å². The number of hydrogen-bond donors (Lipinski definition) is 0. The van der Waals surface area contributed by atoms with Gasteiger partial charge in [0, 0.05) is 120 Å². The van der Waals surface area contributed by atoms with E-state index < -0.39 is 5.82 Å². The Balaban J connectivity index is 1.11. The first-order valence-corrected chi connectivity index (χ1v) is 29.2. The molecule has 0 radical (unpaired) electrons. The summed E-state index contributed by atoms with van der Waals surface area (Å²) in [5, 5.41) is 7.71. The fourth-order valence-corrected chi connectivity index (χ4v) is 13.8. The molecule has 18 aromatic rings. The van der Waals surface area contributed by atoms with Gasteiger partial charge in [-0.25, -0.2) is 44.3 Å². The summed E-state index contributed by atoms with van der Waals surface area (Å²) in [5.41, 5.74) is 17.6. The number of nitrogens with zero attached hydrogens (tertiary/aromatic N) is 12. The Morgan fingerprint density at radius 3 is 0.753 bits per heavy atom. The highest BCUT2D eigenvalue weighted by Gasteiger charge is 2.35. The van der Waals surface area contributed by atoms with Crippen LogP contribution in [-0.2, 0) is 0 Å². The van der Waals surface area contributed by atoms with Crippen molar-refractivity contribution in [2.45, 2.75) is 0 Å². The molecule has 89 heavy (non-hydrogen) atoms. The Kier molecular flexibility index (Phi) is 11.2. The first-order chi connectivity index (χ1) is 44.1. The first-order valence-electron chi connectivity index (χ1n) is 29.2. The van der Waals surface area contributed by atoms with Gasteiger partial charge in [0.1, 0.15) is 36.7 Å². The Bertz CT molecular complexity index is 5220. The minimum atomic E-state index is -0.440. The van der Waals surface area contributed by atoms with E-state index >= 15 is 4.39 Å². The Morgan fingerprint density at radius 2 is 0.461 bits per heavy atom. The Morgan fingerprint density at radius 1 is 0.213 bits per heavy atom. The zero-order valence-corrected chi connectivity index (χ0v) is 47.2. The average molecular weight is 1150 g/mol. The number of benzene rings is 10. The van der Waals surface area contributed by atoms with Crippen LogP contribution in [0.4, 0.5) is 4.39 Å². The van der Waals surface area contributed by atoms with Gasteiger partial charge in [-0.05, 0) is 101 Å². The topological polar surface area (TPSA) is 123 Å². The van der Waals surface area contributed by atoms with Gasteiger partial charge in [0.05, 0.1) is 55.5 Å². The third-order valence-corrected chi connectivity index (χ3v) is 17.6. The van der Waals surface area contributed by atoms with Crippen molar-refractivity contribution in [1.29, 1.82) is 0 Å². The fourth-order valence-electron chi connectivity index (χ4n) is 13.8. The van der Waals surface area contributed by atoms with Crippen LogP contribution in [0.15, 0.2) is 275 Å². The van der Waals surface area contributed by atoms with E-state index in [9.17, 15) is 0 Å². The van der Waals surface area contributed by atoms with Gasteiger partial charge in [-0.1, -0.05) is 127 Å². The van der Waals surface area contributed by atoms with Crippen molar-refractivity contribution in [3.8, 4) is 78.4 Å². The maximum Gasteiger partial charge on any atom is 0.175 e. The minimum Gasteiger partial charge on any atom is -0.306 e. The quantitative estimate of drug-likeness (QED) is 0.140. The summed E-state index contributed by atoms with van der Waals surface area (Å²) in [6.45, 7) is 0. The number of halogens is 1. The molecule has 0 atom stereocenters. The summed E-state index contributed by atoms with van der Waals surface area (Å²) in [6, 6.07) is 69.9. The van der Waals surface area contributed by atoms with Gasteiger partial charge >= 0.3 is 0 Å². The van der Waals surface area contributed by atoms with Crippen LogP contribution < -0.4 is 0 Å². The van der Waals surface area contributed by atoms with E-state index in [4.69, 9.17) is 0 Å². The summed E-state index contributed by atoms with van der Waals surface area (Å²) in [4.78, 5) is 35.6. The first kappa shape index (κ1) is 50.0. The van der Waals surface area contributed by atoms with E-state index in [1.807, 2.05) is 79.9 Å². The van der Waals surface area contributed by atoms with E-state index in [2.05, 4.69) is 228 Å². The smallest absolute Gasteiger partial charge is 0.175 e. The van der Waals surface area contributed by atoms with E-state index in [1.54, 1.807) is 25.3 Å². The van der Waals surface area contributed by atoms with Crippen molar-refractivity contribution in [3.63, 3.8) is 0 Å². The van der Waals surface area contributed by atoms with E-state index in [-0.39, 0.29) is 0 Å². The average Bonchev–Trinajstić information content (AvgIpc) is 1.64. The molecule has 8 heterocycles. The van der Waals surface area contributed by atoms with Crippen LogP contribution in [0.3, 0.4) is 0 Å². The highest BCUT2D eigenvalue weighted by Crippen LogP contribution is 2.52. The van der Waals surface area contributed by atoms with Gasteiger partial charge in [0.15, 0.2) is 5.82 Å².